The fourth-order valence-electron chi connectivity index (χ4n) is 7.50. The molecule has 4 fully saturated rings. The van der Waals surface area contributed by atoms with Crippen LogP contribution in [0.3, 0.4) is 0 Å². The van der Waals surface area contributed by atoms with Crippen molar-refractivity contribution >= 4 is 35.0 Å². The van der Waals surface area contributed by atoms with Crippen molar-refractivity contribution in [3.63, 3.8) is 0 Å². The average molecular weight is 453 g/mol. The minimum atomic E-state index is -0.456. The average Bonchev–Trinajstić information content (AvgIpc) is 3.19. The number of hydrogen-bond acceptors (Lipinski definition) is 4. The van der Waals surface area contributed by atoms with Gasteiger partial charge in [-0.2, -0.15) is 0 Å². The number of benzene rings is 2. The Bertz CT molecular complexity index is 1250. The van der Waals surface area contributed by atoms with Crippen LogP contribution in [0.25, 0.3) is 0 Å². The lowest BCUT2D eigenvalue weighted by molar-refractivity contribution is -0.166. The van der Waals surface area contributed by atoms with Gasteiger partial charge in [-0.25, -0.2) is 0 Å². The molecule has 4 amide bonds. The van der Waals surface area contributed by atoms with E-state index in [0.29, 0.717) is 11.4 Å². The van der Waals surface area contributed by atoms with Crippen molar-refractivity contribution in [3.8, 4) is 0 Å². The zero-order chi connectivity index (χ0) is 23.5. The number of fused-ring (bicyclic) bond motifs is 1. The van der Waals surface area contributed by atoms with Gasteiger partial charge in [0.1, 0.15) is 0 Å². The molecule has 8 rings (SSSR count). The Morgan fingerprint density at radius 2 is 0.824 bits per heavy atom. The summed E-state index contributed by atoms with van der Waals surface area (Å²) in [6.45, 7) is 3.93. The Balaban J connectivity index is 1.25. The largest absolute Gasteiger partial charge is 0.274 e. The van der Waals surface area contributed by atoms with E-state index in [-0.39, 0.29) is 47.3 Å². The molecule has 6 nitrogen and oxygen atoms in total. The van der Waals surface area contributed by atoms with E-state index in [0.717, 1.165) is 11.1 Å². The van der Waals surface area contributed by atoms with E-state index >= 15 is 0 Å². The zero-order valence-corrected chi connectivity index (χ0v) is 18.9. The van der Waals surface area contributed by atoms with Gasteiger partial charge in [0.2, 0.25) is 23.6 Å². The molecule has 0 spiro atoms. The van der Waals surface area contributed by atoms with Gasteiger partial charge in [-0.15, -0.1) is 0 Å². The quantitative estimate of drug-likeness (QED) is 0.518. The molecule has 2 saturated heterocycles. The molecule has 0 aromatic heterocycles. The van der Waals surface area contributed by atoms with Gasteiger partial charge in [0, 0.05) is 0 Å². The van der Waals surface area contributed by atoms with Crippen LogP contribution in [0.5, 0.6) is 0 Å². The van der Waals surface area contributed by atoms with E-state index in [2.05, 4.69) is 0 Å². The number of imide groups is 2. The van der Waals surface area contributed by atoms with Crippen LogP contribution in [0.15, 0.2) is 60.7 Å². The molecule has 2 aromatic carbocycles. The smallest absolute Gasteiger partial charge is 0.238 e. The molecule has 2 aromatic rings. The molecule has 0 unspecified atom stereocenters. The highest BCUT2D eigenvalue weighted by molar-refractivity contribution is 6.25. The Hall–Kier alpha value is -3.54. The highest BCUT2D eigenvalue weighted by Crippen LogP contribution is 2.68. The fraction of sp³-hybridized carbons (Fsp3) is 0.357. The first-order valence-electron chi connectivity index (χ1n) is 12.0. The standard InChI is InChI=1S/C28H24N2O4/c1-13-3-7-15(8-4-13)29-25(31)21-17-11-12-18(22(21)26(29)32)20-19(17)23-24(20)28(34)30(27(23)33)16-9-5-14(2)6-10-16/h3-12,17-24H,1-2H3/t17-,18-,19-,20-,21-,22+,23+,24+/m0/s1. The third-order valence-electron chi connectivity index (χ3n) is 8.93. The van der Waals surface area contributed by atoms with Crippen molar-refractivity contribution in [2.75, 3.05) is 9.80 Å². The Labute approximate surface area is 197 Å². The molecule has 2 bridgehead atoms. The minimum absolute atomic E-state index is 0.0668. The molecule has 8 atom stereocenters. The van der Waals surface area contributed by atoms with Crippen molar-refractivity contribution < 1.29 is 19.2 Å². The van der Waals surface area contributed by atoms with Crippen LogP contribution >= 0.6 is 0 Å². The molecule has 6 aliphatic rings. The molecule has 2 saturated carbocycles. The van der Waals surface area contributed by atoms with Gasteiger partial charge in [-0.1, -0.05) is 47.5 Å². The molecule has 34 heavy (non-hydrogen) atoms. The van der Waals surface area contributed by atoms with Gasteiger partial charge >= 0.3 is 0 Å². The zero-order valence-electron chi connectivity index (χ0n) is 18.9. The summed E-state index contributed by atoms with van der Waals surface area (Å²) in [5.74, 6) is -2.92. The second-order valence-electron chi connectivity index (χ2n) is 10.5. The van der Waals surface area contributed by atoms with Crippen LogP contribution in [-0.4, -0.2) is 23.6 Å². The lowest BCUT2D eigenvalue weighted by Crippen LogP contribution is -2.63. The number of anilines is 2. The monoisotopic (exact) mass is 452 g/mol. The van der Waals surface area contributed by atoms with E-state index in [9.17, 15) is 19.2 Å². The maximum absolute atomic E-state index is 13.6. The number of amides is 4. The molecular formula is C28H24N2O4. The Morgan fingerprint density at radius 3 is 1.18 bits per heavy atom. The summed E-state index contributed by atoms with van der Waals surface area (Å²) in [6.07, 6.45) is 4.08. The fourth-order valence-corrected chi connectivity index (χ4v) is 7.50. The molecule has 6 heteroatoms. The number of carbonyl (C=O) groups excluding carboxylic acids is 4. The van der Waals surface area contributed by atoms with Gasteiger partial charge in [0.05, 0.1) is 35.0 Å². The first-order chi connectivity index (χ1) is 16.4. The van der Waals surface area contributed by atoms with E-state index in [1.165, 1.54) is 9.80 Å². The number of carbonyl (C=O) groups is 4. The number of allylic oxidation sites excluding steroid dienone is 2. The summed E-state index contributed by atoms with van der Waals surface area (Å²) in [7, 11) is 0. The summed E-state index contributed by atoms with van der Waals surface area (Å²) in [6, 6.07) is 14.8. The predicted octanol–water partition coefficient (Wildman–Crippen LogP) is 3.28. The lowest BCUT2D eigenvalue weighted by Gasteiger charge is -2.60. The van der Waals surface area contributed by atoms with Crippen LogP contribution in [-0.2, 0) is 19.2 Å². The van der Waals surface area contributed by atoms with Gasteiger partial charge < -0.3 is 0 Å². The molecule has 2 aliphatic heterocycles. The number of rotatable bonds is 2. The van der Waals surface area contributed by atoms with Crippen molar-refractivity contribution in [3.05, 3.63) is 71.8 Å². The molecule has 0 N–H and O–H groups in total. The summed E-state index contributed by atoms with van der Waals surface area (Å²) < 4.78 is 0. The normalized spacial score (nSPS) is 37.1. The lowest BCUT2D eigenvalue weighted by atomic mass is 9.40. The minimum Gasteiger partial charge on any atom is -0.274 e. The van der Waals surface area contributed by atoms with E-state index in [4.69, 9.17) is 0 Å². The molecule has 170 valence electrons. The predicted molar refractivity (Wildman–Crippen MR) is 124 cm³/mol. The van der Waals surface area contributed by atoms with Gasteiger partial charge in [0.15, 0.2) is 0 Å². The van der Waals surface area contributed by atoms with Crippen molar-refractivity contribution in [2.45, 2.75) is 13.8 Å². The second-order valence-corrected chi connectivity index (χ2v) is 10.5. The highest BCUT2D eigenvalue weighted by atomic mass is 16.2. The van der Waals surface area contributed by atoms with Crippen LogP contribution in [0.1, 0.15) is 11.1 Å². The number of nitrogens with zero attached hydrogens (tertiary/aromatic N) is 2. The van der Waals surface area contributed by atoms with Crippen molar-refractivity contribution in [2.24, 2.45) is 47.3 Å². The first kappa shape index (κ1) is 19.9. The molecular weight excluding hydrogens is 428 g/mol. The molecule has 2 heterocycles. The van der Waals surface area contributed by atoms with Gasteiger partial charge in [-0.05, 0) is 61.8 Å². The Morgan fingerprint density at radius 1 is 0.500 bits per heavy atom. The SMILES string of the molecule is Cc1ccc(N2C(=O)[C@@H]3[C@H]4C=C[C@H]([C@@H]3C2=O)[C@@H]2[C@H]3C(=O)N(c5ccc(C)cc5)C(=O)[C@@H]3[C@@H]42)cc1. The number of aryl methyl sites for hydroxylation is 2. The summed E-state index contributed by atoms with van der Waals surface area (Å²) >= 11 is 0. The summed E-state index contributed by atoms with van der Waals surface area (Å²) in [5, 5.41) is 0. The maximum atomic E-state index is 13.6. The van der Waals surface area contributed by atoms with E-state index < -0.39 is 23.7 Å². The van der Waals surface area contributed by atoms with Gasteiger partial charge in [-0.3, -0.25) is 29.0 Å². The molecule has 4 aliphatic carbocycles. The second kappa shape index (κ2) is 6.53. The van der Waals surface area contributed by atoms with Crippen LogP contribution in [0, 0.1) is 61.2 Å². The summed E-state index contributed by atoms with van der Waals surface area (Å²) in [4.78, 5) is 56.7. The van der Waals surface area contributed by atoms with E-state index in [1.807, 2.05) is 74.5 Å². The van der Waals surface area contributed by atoms with Crippen LogP contribution in [0.2, 0.25) is 0 Å². The topological polar surface area (TPSA) is 74.8 Å². The van der Waals surface area contributed by atoms with E-state index in [1.54, 1.807) is 0 Å². The third-order valence-corrected chi connectivity index (χ3v) is 8.93. The number of hydrogen-bond donors (Lipinski definition) is 0. The third kappa shape index (κ3) is 2.26. The molecule has 0 radical (unpaired) electrons. The van der Waals surface area contributed by atoms with Crippen molar-refractivity contribution in [1.29, 1.82) is 0 Å². The van der Waals surface area contributed by atoms with Gasteiger partial charge in [0.25, 0.3) is 0 Å². The summed E-state index contributed by atoms with van der Waals surface area (Å²) in [5.41, 5.74) is 3.32. The van der Waals surface area contributed by atoms with Crippen LogP contribution < -0.4 is 9.80 Å². The first-order valence-corrected chi connectivity index (χ1v) is 12.0. The van der Waals surface area contributed by atoms with Crippen LogP contribution in [0.4, 0.5) is 11.4 Å². The Kier molecular flexibility index (Phi) is 3.82. The maximum Gasteiger partial charge on any atom is 0.238 e. The highest BCUT2D eigenvalue weighted by Gasteiger charge is 2.75. The van der Waals surface area contributed by atoms with Crippen molar-refractivity contribution in [1.82, 2.24) is 0 Å².